The Bertz CT molecular complexity index is 508. The number of nitrogens with zero attached hydrogens (tertiary/aromatic N) is 2. The van der Waals surface area contributed by atoms with E-state index in [2.05, 4.69) is 0 Å². The molecule has 1 aromatic rings. The van der Waals surface area contributed by atoms with Crippen molar-refractivity contribution in [1.82, 2.24) is 4.90 Å². The van der Waals surface area contributed by atoms with Gasteiger partial charge < -0.3 is 4.79 Å². The summed E-state index contributed by atoms with van der Waals surface area (Å²) in [6, 6.07) is 6.53. The number of aldehydes is 1. The van der Waals surface area contributed by atoms with E-state index in [-0.39, 0.29) is 17.5 Å². The molecule has 0 radical (unpaired) electrons. The Morgan fingerprint density at radius 1 is 1.58 bits per heavy atom. The maximum Gasteiger partial charge on any atom is 0.259 e. The summed E-state index contributed by atoms with van der Waals surface area (Å²) in [6.07, 6.45) is 1.67. The van der Waals surface area contributed by atoms with E-state index in [0.29, 0.717) is 23.4 Å². The number of likely N-dealkylation sites (N-methyl/N-ethyl adjacent to an activating group) is 1. The first-order valence-corrected chi connectivity index (χ1v) is 6.43. The van der Waals surface area contributed by atoms with Crippen molar-refractivity contribution >= 4 is 17.9 Å². The number of halogens is 1. The third-order valence-corrected chi connectivity index (χ3v) is 4.03. The zero-order valence-electron chi connectivity index (χ0n) is 10.6. The van der Waals surface area contributed by atoms with Crippen molar-refractivity contribution in [3.05, 3.63) is 45.0 Å². The molecule has 1 aliphatic rings. The Morgan fingerprint density at radius 3 is 2.84 bits per heavy atom. The largest absolute Gasteiger partial charge is 0.302 e. The predicted octanol–water partition coefficient (Wildman–Crippen LogP) is 2.11. The molecule has 5 nitrogen and oxygen atoms in total. The number of benzene rings is 1. The van der Waals surface area contributed by atoms with E-state index in [9.17, 15) is 14.9 Å². The Balaban J connectivity index is 2.40. The second kappa shape index (κ2) is 5.27. The molecule has 0 N–H and O–H groups in total. The molecule has 0 bridgehead atoms. The fourth-order valence-corrected chi connectivity index (χ4v) is 2.85. The molecule has 2 unspecified atom stereocenters. The van der Waals surface area contributed by atoms with Crippen LogP contribution in [0.4, 0.5) is 0 Å². The second-order valence-corrected chi connectivity index (χ2v) is 5.39. The van der Waals surface area contributed by atoms with Crippen LogP contribution in [-0.4, -0.2) is 35.7 Å². The third-order valence-electron chi connectivity index (χ3n) is 3.80. The molecule has 102 valence electrons. The molecule has 1 saturated heterocycles. The van der Waals surface area contributed by atoms with Crippen molar-refractivity contribution in [2.75, 3.05) is 13.6 Å². The van der Waals surface area contributed by atoms with Gasteiger partial charge in [-0.15, -0.1) is 0 Å². The Kier molecular flexibility index (Phi) is 3.87. The van der Waals surface area contributed by atoms with Gasteiger partial charge in [-0.3, -0.25) is 15.0 Å². The lowest BCUT2D eigenvalue weighted by Gasteiger charge is -2.38. The summed E-state index contributed by atoms with van der Waals surface area (Å²) < 4.78 is 0. The molecule has 1 aromatic carbocycles. The first kappa shape index (κ1) is 14.0. The fraction of sp³-hybridized carbons (Fsp3) is 0.462. The number of nitro groups is 1. The van der Waals surface area contributed by atoms with E-state index in [1.165, 1.54) is 0 Å². The van der Waals surface area contributed by atoms with Crippen molar-refractivity contribution < 1.29 is 9.72 Å². The summed E-state index contributed by atoms with van der Waals surface area (Å²) >= 11 is 5.93. The monoisotopic (exact) mass is 282 g/mol. The van der Waals surface area contributed by atoms with Gasteiger partial charge in [0.05, 0.1) is 12.6 Å². The molecule has 6 heteroatoms. The van der Waals surface area contributed by atoms with Gasteiger partial charge in [-0.05, 0) is 25.6 Å². The van der Waals surface area contributed by atoms with Gasteiger partial charge in [0, 0.05) is 21.9 Å². The van der Waals surface area contributed by atoms with Gasteiger partial charge in [0.25, 0.3) is 5.54 Å². The normalized spacial score (nSPS) is 28.0. The van der Waals surface area contributed by atoms with Crippen LogP contribution in [-0.2, 0) is 10.3 Å². The van der Waals surface area contributed by atoms with E-state index in [4.69, 9.17) is 11.6 Å². The zero-order valence-corrected chi connectivity index (χ0v) is 11.3. The molecule has 1 heterocycles. The van der Waals surface area contributed by atoms with Crippen LogP contribution in [0.2, 0.25) is 5.02 Å². The summed E-state index contributed by atoms with van der Waals surface area (Å²) in [5, 5.41) is 12.1. The van der Waals surface area contributed by atoms with Crippen molar-refractivity contribution in [3.63, 3.8) is 0 Å². The van der Waals surface area contributed by atoms with Crippen LogP contribution in [0.1, 0.15) is 18.4 Å². The maximum absolute atomic E-state index is 11.6. The van der Waals surface area contributed by atoms with Gasteiger partial charge in [-0.2, -0.15) is 0 Å². The average molecular weight is 283 g/mol. The Hall–Kier alpha value is -1.46. The summed E-state index contributed by atoms with van der Waals surface area (Å²) in [6.45, 7) is 0.212. The predicted molar refractivity (Wildman–Crippen MR) is 71.8 cm³/mol. The lowest BCUT2D eigenvalue weighted by Crippen LogP contribution is -2.53. The molecule has 0 aromatic heterocycles. The Morgan fingerprint density at radius 2 is 2.32 bits per heavy atom. The average Bonchev–Trinajstić information content (AvgIpc) is 2.38. The van der Waals surface area contributed by atoms with Crippen molar-refractivity contribution in [3.8, 4) is 0 Å². The minimum absolute atomic E-state index is 0.212. The summed E-state index contributed by atoms with van der Waals surface area (Å²) in [4.78, 5) is 24.0. The van der Waals surface area contributed by atoms with E-state index in [0.717, 1.165) is 6.29 Å². The number of hydrogen-bond acceptors (Lipinski definition) is 4. The van der Waals surface area contributed by atoms with Crippen LogP contribution in [0.3, 0.4) is 0 Å². The van der Waals surface area contributed by atoms with Crippen LogP contribution in [0.25, 0.3) is 0 Å². The quantitative estimate of drug-likeness (QED) is 0.484. The number of hydrogen-bond donors (Lipinski definition) is 0. The number of piperidine rings is 1. The van der Waals surface area contributed by atoms with Gasteiger partial charge in [-0.25, -0.2) is 0 Å². The molecule has 0 aliphatic carbocycles. The summed E-state index contributed by atoms with van der Waals surface area (Å²) in [5.74, 6) is 0. The third kappa shape index (κ3) is 2.48. The Labute approximate surface area is 116 Å². The highest BCUT2D eigenvalue weighted by Gasteiger charge is 2.49. The number of rotatable bonds is 3. The topological polar surface area (TPSA) is 63.4 Å². The van der Waals surface area contributed by atoms with Crippen LogP contribution < -0.4 is 0 Å². The van der Waals surface area contributed by atoms with Crippen LogP contribution in [0.15, 0.2) is 24.3 Å². The van der Waals surface area contributed by atoms with Gasteiger partial charge in [0.15, 0.2) is 0 Å². The molecule has 2 atom stereocenters. The van der Waals surface area contributed by atoms with Crippen LogP contribution in [0.5, 0.6) is 0 Å². The zero-order chi connectivity index (χ0) is 14.0. The lowest BCUT2D eigenvalue weighted by atomic mass is 9.81. The number of carbonyl (C=O) groups excluding carboxylic acids is 1. The minimum Gasteiger partial charge on any atom is -0.302 e. The molecule has 1 aliphatic heterocycles. The number of carbonyl (C=O) groups is 1. The molecule has 1 fully saturated rings. The molecule has 19 heavy (non-hydrogen) atoms. The van der Waals surface area contributed by atoms with E-state index >= 15 is 0 Å². The van der Waals surface area contributed by atoms with Crippen molar-refractivity contribution in [2.45, 2.75) is 24.4 Å². The first-order valence-electron chi connectivity index (χ1n) is 6.06. The van der Waals surface area contributed by atoms with Gasteiger partial charge in [0.2, 0.25) is 0 Å². The first-order chi connectivity index (χ1) is 8.99. The highest BCUT2D eigenvalue weighted by molar-refractivity contribution is 6.30. The highest BCUT2D eigenvalue weighted by Crippen LogP contribution is 2.36. The molecule has 0 spiro atoms. The SMILES string of the molecule is CN1CC(c2cccc(Cl)c2)([N+](=O)[O-])CCC1C=O. The molecular formula is C13H15ClN2O3. The maximum atomic E-state index is 11.6. The van der Waals surface area contributed by atoms with E-state index < -0.39 is 5.54 Å². The smallest absolute Gasteiger partial charge is 0.259 e. The molecular weight excluding hydrogens is 268 g/mol. The second-order valence-electron chi connectivity index (χ2n) is 4.96. The standard InChI is InChI=1S/C13H15ClN2O3/c1-15-9-13(16(18)19,6-5-12(15)8-17)10-3-2-4-11(14)7-10/h2-4,7-8,12H,5-6,9H2,1H3. The molecule has 0 saturated carbocycles. The van der Waals surface area contributed by atoms with Crippen LogP contribution in [0, 0.1) is 10.1 Å². The molecule has 0 amide bonds. The number of likely N-dealkylation sites (tertiary alicyclic amines) is 1. The lowest BCUT2D eigenvalue weighted by molar-refractivity contribution is -0.584. The summed E-state index contributed by atoms with van der Waals surface area (Å²) in [5.41, 5.74) is -0.583. The van der Waals surface area contributed by atoms with Gasteiger partial charge in [0.1, 0.15) is 6.29 Å². The van der Waals surface area contributed by atoms with Crippen molar-refractivity contribution in [1.29, 1.82) is 0 Å². The highest BCUT2D eigenvalue weighted by atomic mass is 35.5. The van der Waals surface area contributed by atoms with E-state index in [1.807, 2.05) is 0 Å². The van der Waals surface area contributed by atoms with Gasteiger partial charge >= 0.3 is 0 Å². The van der Waals surface area contributed by atoms with E-state index in [1.54, 1.807) is 36.2 Å². The van der Waals surface area contributed by atoms with Crippen LogP contribution >= 0.6 is 11.6 Å². The summed E-state index contributed by atoms with van der Waals surface area (Å²) in [7, 11) is 1.74. The molecule has 2 rings (SSSR count). The van der Waals surface area contributed by atoms with Crippen molar-refractivity contribution in [2.24, 2.45) is 0 Å². The van der Waals surface area contributed by atoms with Gasteiger partial charge in [-0.1, -0.05) is 23.7 Å². The minimum atomic E-state index is -1.18. The fourth-order valence-electron chi connectivity index (χ4n) is 2.66.